The second-order valence-electron chi connectivity index (χ2n) is 9.47. The van der Waals surface area contributed by atoms with Crippen molar-refractivity contribution in [2.75, 3.05) is 13.1 Å². The minimum Gasteiger partial charge on any atom is -0.334 e. The van der Waals surface area contributed by atoms with Crippen molar-refractivity contribution in [1.82, 2.24) is 24.4 Å². The van der Waals surface area contributed by atoms with E-state index in [-0.39, 0.29) is 17.5 Å². The number of nitrogens with one attached hydrogen (secondary N) is 1. The Morgan fingerprint density at radius 2 is 2.04 bits per heavy atom. The molecule has 7 nitrogen and oxygen atoms in total. The molecule has 1 fully saturated rings. The molecule has 0 bridgehead atoms. The van der Waals surface area contributed by atoms with Crippen molar-refractivity contribution in [3.8, 4) is 0 Å². The van der Waals surface area contributed by atoms with Gasteiger partial charge in [-0.2, -0.15) is 0 Å². The molecule has 4 rings (SSSR count). The molecule has 0 spiro atoms. The first-order valence-electron chi connectivity index (χ1n) is 10.4. The lowest BCUT2D eigenvalue weighted by Gasteiger charge is -2.30. The number of hydrogen-bond acceptors (Lipinski definition) is 4. The van der Waals surface area contributed by atoms with Crippen LogP contribution in [-0.4, -0.2) is 49.4 Å². The van der Waals surface area contributed by atoms with Crippen LogP contribution in [0, 0.1) is 5.41 Å². The maximum absolute atomic E-state index is 13.1. The van der Waals surface area contributed by atoms with E-state index in [2.05, 4.69) is 23.8 Å². The summed E-state index contributed by atoms with van der Waals surface area (Å²) in [7, 11) is 0. The molecule has 0 aliphatic carbocycles. The van der Waals surface area contributed by atoms with Crippen molar-refractivity contribution in [1.29, 1.82) is 0 Å². The van der Waals surface area contributed by atoms with Gasteiger partial charge in [-0.1, -0.05) is 20.8 Å². The molecule has 2 aliphatic rings. The Bertz CT molecular complexity index is 966. The summed E-state index contributed by atoms with van der Waals surface area (Å²) in [5, 5.41) is 3.27. The van der Waals surface area contributed by atoms with Crippen LogP contribution in [-0.2, 0) is 17.8 Å². The minimum absolute atomic E-state index is 0.0108. The summed E-state index contributed by atoms with van der Waals surface area (Å²) in [6.07, 6.45) is 2.69. The van der Waals surface area contributed by atoms with Gasteiger partial charge in [-0.3, -0.25) is 19.6 Å². The van der Waals surface area contributed by atoms with Gasteiger partial charge >= 0.3 is 0 Å². The normalized spacial score (nSPS) is 20.9. The van der Waals surface area contributed by atoms with Crippen molar-refractivity contribution in [2.45, 2.75) is 72.5 Å². The van der Waals surface area contributed by atoms with Crippen molar-refractivity contribution in [3.05, 3.63) is 33.4 Å². The van der Waals surface area contributed by atoms with E-state index in [0.29, 0.717) is 18.2 Å². The Kier molecular flexibility index (Phi) is 4.61. The molecule has 2 aromatic rings. The fraction of sp³-hybridized carbons (Fsp3) is 0.667. The van der Waals surface area contributed by atoms with E-state index < -0.39 is 5.41 Å². The molecule has 7 heteroatoms. The van der Waals surface area contributed by atoms with Crippen LogP contribution in [0.5, 0.6) is 0 Å². The second-order valence-corrected chi connectivity index (χ2v) is 9.47. The van der Waals surface area contributed by atoms with Gasteiger partial charge < -0.3 is 4.90 Å². The average Bonchev–Trinajstić information content (AvgIpc) is 3.26. The molecule has 2 aliphatic heterocycles. The number of fused-ring (bicyclic) bond motifs is 2. The van der Waals surface area contributed by atoms with Crippen LogP contribution in [0.1, 0.15) is 70.5 Å². The molecule has 28 heavy (non-hydrogen) atoms. The van der Waals surface area contributed by atoms with E-state index in [1.807, 2.05) is 31.7 Å². The first kappa shape index (κ1) is 19.2. The largest absolute Gasteiger partial charge is 0.334 e. The van der Waals surface area contributed by atoms with Gasteiger partial charge in [0.25, 0.3) is 5.56 Å². The minimum atomic E-state index is -0.414. The van der Waals surface area contributed by atoms with E-state index in [1.54, 1.807) is 4.52 Å². The van der Waals surface area contributed by atoms with Crippen molar-refractivity contribution >= 4 is 11.6 Å². The van der Waals surface area contributed by atoms with Crippen LogP contribution in [0.4, 0.5) is 0 Å². The van der Waals surface area contributed by atoms with Crippen LogP contribution in [0.3, 0.4) is 0 Å². The third kappa shape index (κ3) is 3.15. The topological polar surface area (TPSA) is 73.7 Å². The predicted molar refractivity (Wildman–Crippen MR) is 108 cm³/mol. The Hall–Kier alpha value is -2.15. The zero-order valence-corrected chi connectivity index (χ0v) is 17.6. The Balaban J connectivity index is 1.72. The summed E-state index contributed by atoms with van der Waals surface area (Å²) in [6, 6.07) is 2.34. The third-order valence-electron chi connectivity index (χ3n) is 6.06. The van der Waals surface area contributed by atoms with E-state index in [1.165, 1.54) is 0 Å². The summed E-state index contributed by atoms with van der Waals surface area (Å²) in [6.45, 7) is 12.5. The van der Waals surface area contributed by atoms with E-state index >= 15 is 0 Å². The van der Waals surface area contributed by atoms with Crippen molar-refractivity contribution in [2.24, 2.45) is 5.41 Å². The summed E-state index contributed by atoms with van der Waals surface area (Å²) in [4.78, 5) is 35.0. The molecule has 0 radical (unpaired) electrons. The molecule has 1 atom stereocenters. The van der Waals surface area contributed by atoms with Gasteiger partial charge in [0.1, 0.15) is 0 Å². The maximum Gasteiger partial charge on any atom is 0.277 e. The molecule has 4 heterocycles. The zero-order chi connectivity index (χ0) is 20.2. The van der Waals surface area contributed by atoms with Gasteiger partial charge in [0.2, 0.25) is 5.91 Å². The quantitative estimate of drug-likeness (QED) is 0.862. The lowest BCUT2D eigenvalue weighted by Crippen LogP contribution is -2.40. The molecule has 2 aromatic heterocycles. The van der Waals surface area contributed by atoms with Gasteiger partial charge in [-0.05, 0) is 26.7 Å². The number of carbonyl (C=O) groups is 1. The summed E-state index contributed by atoms with van der Waals surface area (Å²) < 4.78 is 1.57. The maximum atomic E-state index is 13.1. The number of aromatic nitrogens is 3. The molecular formula is C21H31N5O2. The van der Waals surface area contributed by atoms with E-state index in [9.17, 15) is 9.59 Å². The Morgan fingerprint density at radius 3 is 2.71 bits per heavy atom. The monoisotopic (exact) mass is 385 g/mol. The highest BCUT2D eigenvalue weighted by molar-refractivity contribution is 5.82. The van der Waals surface area contributed by atoms with Gasteiger partial charge in [-0.25, -0.2) is 9.50 Å². The van der Waals surface area contributed by atoms with E-state index in [0.717, 1.165) is 49.3 Å². The number of amides is 1. The fourth-order valence-electron chi connectivity index (χ4n) is 4.40. The number of likely N-dealkylation sites (tertiary alicyclic amines) is 1. The number of H-pyrrole nitrogens is 1. The first-order chi connectivity index (χ1) is 13.2. The third-order valence-corrected chi connectivity index (χ3v) is 6.06. The molecule has 1 saturated heterocycles. The van der Waals surface area contributed by atoms with Crippen molar-refractivity contribution in [3.63, 3.8) is 0 Å². The Morgan fingerprint density at radius 1 is 1.29 bits per heavy atom. The zero-order valence-electron chi connectivity index (χ0n) is 17.6. The fourth-order valence-corrected chi connectivity index (χ4v) is 4.40. The molecule has 152 valence electrons. The standard InChI is InChI=1S/C21H31N5O2/c1-13(2)24-10-8-15-14(12-24)19(27)26-18(22-15)11-16(23-26)17-7-6-9-25(17)20(28)21(3,4)5/h11,13,17,23H,6-10,12H2,1-5H3/t17-/m0/s1. The van der Waals surface area contributed by atoms with Crippen LogP contribution < -0.4 is 5.56 Å². The van der Waals surface area contributed by atoms with Crippen molar-refractivity contribution < 1.29 is 4.79 Å². The highest BCUT2D eigenvalue weighted by Crippen LogP contribution is 2.35. The summed E-state index contributed by atoms with van der Waals surface area (Å²) in [5.74, 6) is 0.154. The van der Waals surface area contributed by atoms with Gasteiger partial charge in [0.15, 0.2) is 5.65 Å². The van der Waals surface area contributed by atoms with Crippen LogP contribution in [0.2, 0.25) is 0 Å². The molecule has 0 saturated carbocycles. The number of nitrogens with zero attached hydrogens (tertiary/aromatic N) is 4. The lowest BCUT2D eigenvalue weighted by molar-refractivity contribution is -0.140. The highest BCUT2D eigenvalue weighted by Gasteiger charge is 2.36. The van der Waals surface area contributed by atoms with Gasteiger partial charge in [-0.15, -0.1) is 0 Å². The predicted octanol–water partition coefficient (Wildman–Crippen LogP) is 2.50. The van der Waals surface area contributed by atoms with Gasteiger partial charge in [0, 0.05) is 43.6 Å². The first-order valence-corrected chi connectivity index (χ1v) is 10.4. The van der Waals surface area contributed by atoms with Crippen LogP contribution in [0.15, 0.2) is 10.9 Å². The molecular weight excluding hydrogens is 354 g/mol. The Labute approximate surface area is 165 Å². The molecule has 0 unspecified atom stereocenters. The average molecular weight is 386 g/mol. The van der Waals surface area contributed by atoms with Crippen LogP contribution >= 0.6 is 0 Å². The van der Waals surface area contributed by atoms with E-state index in [4.69, 9.17) is 4.98 Å². The highest BCUT2D eigenvalue weighted by atomic mass is 16.2. The smallest absolute Gasteiger partial charge is 0.277 e. The van der Waals surface area contributed by atoms with Crippen LogP contribution in [0.25, 0.3) is 5.65 Å². The number of carbonyl (C=O) groups excluding carboxylic acids is 1. The molecule has 1 N–H and O–H groups in total. The number of hydrogen-bond donors (Lipinski definition) is 1. The molecule has 1 amide bonds. The van der Waals surface area contributed by atoms with Gasteiger partial charge in [0.05, 0.1) is 23.0 Å². The lowest BCUT2D eigenvalue weighted by atomic mass is 9.94. The summed E-state index contributed by atoms with van der Waals surface area (Å²) in [5.41, 5.74) is 2.85. The second kappa shape index (κ2) is 6.72. The summed E-state index contributed by atoms with van der Waals surface area (Å²) >= 11 is 0. The SMILES string of the molecule is CC(C)N1CCc2nc3cc([C@@H]4CCCN4C(=O)C(C)(C)C)[nH]n3c(=O)c2C1. The number of aromatic amines is 1. The number of rotatable bonds is 2. The molecule has 0 aromatic carbocycles.